The summed E-state index contributed by atoms with van der Waals surface area (Å²) in [4.78, 5) is 6.59. The van der Waals surface area contributed by atoms with Crippen molar-refractivity contribution in [3.05, 3.63) is 29.8 Å². The summed E-state index contributed by atoms with van der Waals surface area (Å²) in [5, 5.41) is 6.42. The van der Waals surface area contributed by atoms with Crippen LogP contribution in [0.3, 0.4) is 0 Å². The minimum Gasteiger partial charge on any atom is -0.484 e. The van der Waals surface area contributed by atoms with Gasteiger partial charge in [0, 0.05) is 13.1 Å². The molecular weight excluding hydrogens is 333 g/mol. The van der Waals surface area contributed by atoms with Gasteiger partial charge in [0.15, 0.2) is 12.6 Å². The quantitative estimate of drug-likeness (QED) is 0.404. The molecule has 0 saturated carbocycles. The molecule has 0 aliphatic heterocycles. The molecule has 1 rings (SSSR count). The van der Waals surface area contributed by atoms with Crippen molar-refractivity contribution in [3.63, 3.8) is 0 Å². The second-order valence-corrected chi connectivity index (χ2v) is 5.83. The van der Waals surface area contributed by atoms with E-state index in [0.717, 1.165) is 37.6 Å². The number of hydrogen-bond donors (Lipinski definition) is 2. The Morgan fingerprint density at radius 2 is 1.84 bits per heavy atom. The van der Waals surface area contributed by atoms with E-state index in [-0.39, 0.29) is 5.75 Å². The van der Waals surface area contributed by atoms with Crippen molar-refractivity contribution < 1.29 is 17.9 Å². The standard InChI is InChI=1S/C17H27F3N4O/c1-4-21-16(22-10-5-11-24(2)3)23-12-14-6-8-15(9-7-14)25-13-17(18,19)20/h6-9H,4-5,10-13H2,1-3H3,(H2,21,22,23). The van der Waals surface area contributed by atoms with Crippen LogP contribution in [0.2, 0.25) is 0 Å². The second kappa shape index (κ2) is 10.8. The third-order valence-electron chi connectivity index (χ3n) is 3.16. The molecule has 0 bridgehead atoms. The van der Waals surface area contributed by atoms with Crippen LogP contribution in [0.1, 0.15) is 18.9 Å². The van der Waals surface area contributed by atoms with Gasteiger partial charge in [0.05, 0.1) is 6.54 Å². The van der Waals surface area contributed by atoms with Crippen LogP contribution in [-0.4, -0.2) is 57.4 Å². The Kier molecular flexibility index (Phi) is 9.12. The van der Waals surface area contributed by atoms with Crippen LogP contribution >= 0.6 is 0 Å². The highest BCUT2D eigenvalue weighted by molar-refractivity contribution is 5.79. The average Bonchev–Trinajstić information content (AvgIpc) is 2.54. The van der Waals surface area contributed by atoms with E-state index < -0.39 is 12.8 Å². The first-order valence-electron chi connectivity index (χ1n) is 8.25. The predicted octanol–water partition coefficient (Wildman–Crippen LogP) is 2.63. The van der Waals surface area contributed by atoms with Crippen LogP contribution in [0.25, 0.3) is 0 Å². The van der Waals surface area contributed by atoms with E-state index in [1.54, 1.807) is 12.1 Å². The Morgan fingerprint density at radius 3 is 2.40 bits per heavy atom. The molecule has 0 amide bonds. The summed E-state index contributed by atoms with van der Waals surface area (Å²) >= 11 is 0. The number of aliphatic imine (C=N–C) groups is 1. The van der Waals surface area contributed by atoms with Crippen molar-refractivity contribution in [1.82, 2.24) is 15.5 Å². The van der Waals surface area contributed by atoms with E-state index in [1.165, 1.54) is 12.1 Å². The van der Waals surface area contributed by atoms with Crippen LogP contribution in [0.15, 0.2) is 29.3 Å². The van der Waals surface area contributed by atoms with Crippen LogP contribution < -0.4 is 15.4 Å². The lowest BCUT2D eigenvalue weighted by Crippen LogP contribution is -2.38. The van der Waals surface area contributed by atoms with Gasteiger partial charge in [0.25, 0.3) is 0 Å². The summed E-state index contributed by atoms with van der Waals surface area (Å²) in [5.41, 5.74) is 0.893. The van der Waals surface area contributed by atoms with E-state index in [1.807, 2.05) is 21.0 Å². The number of nitrogens with zero attached hydrogens (tertiary/aromatic N) is 2. The molecule has 2 N–H and O–H groups in total. The molecule has 0 aromatic heterocycles. The summed E-state index contributed by atoms with van der Waals surface area (Å²) < 4.78 is 41.0. The van der Waals surface area contributed by atoms with E-state index in [0.29, 0.717) is 6.54 Å². The molecule has 1 aromatic carbocycles. The summed E-state index contributed by atoms with van der Waals surface area (Å²) in [5.74, 6) is 0.914. The molecule has 0 spiro atoms. The van der Waals surface area contributed by atoms with Gasteiger partial charge in [0.1, 0.15) is 5.75 Å². The number of rotatable bonds is 9. The van der Waals surface area contributed by atoms with E-state index in [2.05, 4.69) is 25.3 Å². The number of benzene rings is 1. The summed E-state index contributed by atoms with van der Waals surface area (Å²) in [6.45, 7) is 3.70. The third-order valence-corrected chi connectivity index (χ3v) is 3.16. The number of ether oxygens (including phenoxy) is 1. The molecule has 0 fully saturated rings. The summed E-state index contributed by atoms with van der Waals surface area (Å²) in [6, 6.07) is 6.47. The van der Waals surface area contributed by atoms with Gasteiger partial charge < -0.3 is 20.3 Å². The SMILES string of the molecule is CCNC(=NCc1ccc(OCC(F)(F)F)cc1)NCCCN(C)C. The molecule has 0 atom stereocenters. The smallest absolute Gasteiger partial charge is 0.422 e. The number of halogens is 3. The topological polar surface area (TPSA) is 48.9 Å². The molecule has 0 unspecified atom stereocenters. The average molecular weight is 360 g/mol. The van der Waals surface area contributed by atoms with Gasteiger partial charge in [-0.1, -0.05) is 12.1 Å². The molecule has 0 aliphatic rings. The molecule has 25 heavy (non-hydrogen) atoms. The Hall–Kier alpha value is -1.96. The first-order valence-corrected chi connectivity index (χ1v) is 8.25. The maximum Gasteiger partial charge on any atom is 0.422 e. The van der Waals surface area contributed by atoms with Crippen LogP contribution in [0.4, 0.5) is 13.2 Å². The zero-order valence-electron chi connectivity index (χ0n) is 15.0. The van der Waals surface area contributed by atoms with Crippen molar-refractivity contribution in [2.45, 2.75) is 26.1 Å². The minimum atomic E-state index is -4.33. The largest absolute Gasteiger partial charge is 0.484 e. The lowest BCUT2D eigenvalue weighted by Gasteiger charge is -2.13. The first-order chi connectivity index (χ1) is 11.8. The van der Waals surface area contributed by atoms with E-state index in [4.69, 9.17) is 0 Å². The Bertz CT molecular complexity index is 516. The fourth-order valence-corrected chi connectivity index (χ4v) is 1.97. The normalized spacial score (nSPS) is 12.4. The van der Waals surface area contributed by atoms with Gasteiger partial charge in [0.2, 0.25) is 0 Å². The van der Waals surface area contributed by atoms with Crippen molar-refractivity contribution in [3.8, 4) is 5.75 Å². The maximum atomic E-state index is 12.1. The van der Waals surface area contributed by atoms with Crippen molar-refractivity contribution in [2.75, 3.05) is 40.3 Å². The van der Waals surface area contributed by atoms with Crippen LogP contribution in [-0.2, 0) is 6.54 Å². The first kappa shape index (κ1) is 21.1. The number of hydrogen-bond acceptors (Lipinski definition) is 3. The Balaban J connectivity index is 2.49. The van der Waals surface area contributed by atoms with E-state index in [9.17, 15) is 13.2 Å². The molecule has 5 nitrogen and oxygen atoms in total. The zero-order chi connectivity index (χ0) is 18.7. The lowest BCUT2D eigenvalue weighted by molar-refractivity contribution is -0.153. The van der Waals surface area contributed by atoms with Gasteiger partial charge >= 0.3 is 6.18 Å². The molecule has 1 aromatic rings. The highest BCUT2D eigenvalue weighted by Crippen LogP contribution is 2.19. The number of guanidine groups is 1. The third kappa shape index (κ3) is 10.5. The maximum absolute atomic E-state index is 12.1. The van der Waals surface area contributed by atoms with Crippen molar-refractivity contribution in [2.24, 2.45) is 4.99 Å². The molecule has 0 saturated heterocycles. The van der Waals surface area contributed by atoms with Gasteiger partial charge in [-0.15, -0.1) is 0 Å². The highest BCUT2D eigenvalue weighted by atomic mass is 19.4. The summed E-state index contributed by atoms with van der Waals surface area (Å²) in [7, 11) is 4.06. The van der Waals surface area contributed by atoms with Gasteiger partial charge in [-0.05, 0) is 51.7 Å². The predicted molar refractivity (Wildman–Crippen MR) is 94.0 cm³/mol. The van der Waals surface area contributed by atoms with Gasteiger partial charge in [-0.2, -0.15) is 13.2 Å². The second-order valence-electron chi connectivity index (χ2n) is 5.83. The number of nitrogens with one attached hydrogen (secondary N) is 2. The molecule has 0 heterocycles. The fourth-order valence-electron chi connectivity index (χ4n) is 1.97. The van der Waals surface area contributed by atoms with Crippen molar-refractivity contribution in [1.29, 1.82) is 0 Å². The fraction of sp³-hybridized carbons (Fsp3) is 0.588. The summed E-state index contributed by atoms with van der Waals surface area (Å²) in [6.07, 6.45) is -3.33. The molecule has 0 radical (unpaired) electrons. The molecule has 8 heteroatoms. The monoisotopic (exact) mass is 360 g/mol. The zero-order valence-corrected chi connectivity index (χ0v) is 15.0. The van der Waals surface area contributed by atoms with Crippen LogP contribution in [0.5, 0.6) is 5.75 Å². The van der Waals surface area contributed by atoms with Gasteiger partial charge in [-0.3, -0.25) is 0 Å². The minimum absolute atomic E-state index is 0.193. The van der Waals surface area contributed by atoms with E-state index >= 15 is 0 Å². The van der Waals surface area contributed by atoms with Crippen molar-refractivity contribution >= 4 is 5.96 Å². The molecule has 142 valence electrons. The highest BCUT2D eigenvalue weighted by Gasteiger charge is 2.28. The Morgan fingerprint density at radius 1 is 1.16 bits per heavy atom. The molecular formula is C17H27F3N4O. The van der Waals surface area contributed by atoms with Gasteiger partial charge in [-0.25, -0.2) is 4.99 Å². The Labute approximate surface area is 147 Å². The molecule has 0 aliphatic carbocycles. The number of alkyl halides is 3. The lowest BCUT2D eigenvalue weighted by atomic mass is 10.2. The van der Waals surface area contributed by atoms with Crippen LogP contribution in [0, 0.1) is 0 Å².